The summed E-state index contributed by atoms with van der Waals surface area (Å²) in [5, 5.41) is 4.48. The number of aliphatic imine (C=N–C) groups is 1. The van der Waals surface area contributed by atoms with Crippen LogP contribution in [0.2, 0.25) is 5.02 Å². The van der Waals surface area contributed by atoms with Crippen molar-refractivity contribution < 1.29 is 9.53 Å². The van der Waals surface area contributed by atoms with Crippen molar-refractivity contribution in [2.45, 2.75) is 44.2 Å². The molecule has 1 aromatic rings. The van der Waals surface area contributed by atoms with Crippen LogP contribution in [0.1, 0.15) is 31.2 Å². The van der Waals surface area contributed by atoms with Crippen LogP contribution in [0.25, 0.3) is 0 Å². The Morgan fingerprint density at radius 3 is 2.70 bits per heavy atom. The van der Waals surface area contributed by atoms with Gasteiger partial charge in [0.1, 0.15) is 0 Å². The van der Waals surface area contributed by atoms with Gasteiger partial charge < -0.3 is 19.9 Å². The van der Waals surface area contributed by atoms with Gasteiger partial charge in [0.15, 0.2) is 5.96 Å². The average Bonchev–Trinajstić information content (AvgIpc) is 3.13. The standard InChI is InChI=1S/C23H31ClN4O2/c1-25-22(26-20-18-6-13-30-21(18)23(20)7-3-8-23)28-11-9-27(10-12-28)19(29)15-16-4-2-5-17(24)14-16/h2,4-5,14,18,20-21H,3,6-13,15H2,1H3,(H,25,26). The molecule has 0 radical (unpaired) electrons. The number of rotatable bonds is 3. The third-order valence-corrected chi connectivity index (χ3v) is 7.94. The number of carbonyl (C=O) groups excluding carboxylic acids is 1. The molecule has 2 aliphatic carbocycles. The Hall–Kier alpha value is -1.79. The van der Waals surface area contributed by atoms with Crippen LogP contribution in [0.3, 0.4) is 0 Å². The first-order valence-electron chi connectivity index (χ1n) is 11.2. The number of hydrogen-bond donors (Lipinski definition) is 1. The minimum Gasteiger partial charge on any atom is -0.377 e. The number of piperazine rings is 1. The van der Waals surface area contributed by atoms with Crippen molar-refractivity contribution >= 4 is 23.5 Å². The van der Waals surface area contributed by atoms with Gasteiger partial charge in [-0.05, 0) is 37.0 Å². The molecule has 3 unspecified atom stereocenters. The van der Waals surface area contributed by atoms with Crippen molar-refractivity contribution in [1.29, 1.82) is 0 Å². The molecule has 0 aromatic heterocycles. The molecule has 2 aliphatic heterocycles. The Bertz CT molecular complexity index is 832. The predicted octanol–water partition coefficient (Wildman–Crippen LogP) is 2.56. The minimum atomic E-state index is 0.165. The molecule has 162 valence electrons. The van der Waals surface area contributed by atoms with Crippen molar-refractivity contribution in [3.8, 4) is 0 Å². The van der Waals surface area contributed by atoms with Crippen molar-refractivity contribution in [2.75, 3.05) is 39.8 Å². The van der Waals surface area contributed by atoms with Gasteiger partial charge in [0, 0.05) is 62.2 Å². The summed E-state index contributed by atoms with van der Waals surface area (Å²) in [6.07, 6.45) is 5.89. The van der Waals surface area contributed by atoms with Crippen LogP contribution in [0.4, 0.5) is 0 Å². The van der Waals surface area contributed by atoms with E-state index < -0.39 is 0 Å². The molecule has 2 saturated carbocycles. The molecule has 2 saturated heterocycles. The second-order valence-corrected chi connectivity index (χ2v) is 9.61. The number of ether oxygens (including phenoxy) is 1. The lowest BCUT2D eigenvalue weighted by molar-refractivity contribution is -0.171. The number of nitrogens with zero attached hydrogens (tertiary/aromatic N) is 3. The average molecular weight is 431 g/mol. The largest absolute Gasteiger partial charge is 0.377 e. The predicted molar refractivity (Wildman–Crippen MR) is 118 cm³/mol. The van der Waals surface area contributed by atoms with Crippen LogP contribution in [-0.2, 0) is 16.0 Å². The molecule has 1 amide bonds. The fourth-order valence-corrected chi connectivity index (χ4v) is 6.21. The highest BCUT2D eigenvalue weighted by Crippen LogP contribution is 2.62. The molecule has 1 aromatic carbocycles. The summed E-state index contributed by atoms with van der Waals surface area (Å²) < 4.78 is 6.05. The SMILES string of the molecule is CN=C(NC1C2CCOC2C12CCC2)N1CCN(C(=O)Cc2cccc(Cl)c2)CC1. The monoisotopic (exact) mass is 430 g/mol. The van der Waals surface area contributed by atoms with E-state index >= 15 is 0 Å². The molecule has 0 bridgehead atoms. The molecule has 30 heavy (non-hydrogen) atoms. The van der Waals surface area contributed by atoms with Gasteiger partial charge in [0.25, 0.3) is 0 Å². The summed E-state index contributed by atoms with van der Waals surface area (Å²) in [6, 6.07) is 8.05. The number of amides is 1. The van der Waals surface area contributed by atoms with Gasteiger partial charge in [-0.25, -0.2) is 0 Å². The number of guanidine groups is 1. The molecule has 6 nitrogen and oxygen atoms in total. The van der Waals surface area contributed by atoms with Crippen LogP contribution < -0.4 is 5.32 Å². The fourth-order valence-electron chi connectivity index (χ4n) is 5.99. The van der Waals surface area contributed by atoms with E-state index in [-0.39, 0.29) is 5.91 Å². The summed E-state index contributed by atoms with van der Waals surface area (Å²) in [5.41, 5.74) is 1.31. The van der Waals surface area contributed by atoms with Gasteiger partial charge in [0.05, 0.1) is 12.5 Å². The fraction of sp³-hybridized carbons (Fsp3) is 0.652. The van der Waals surface area contributed by atoms with E-state index in [1.54, 1.807) is 0 Å². The van der Waals surface area contributed by atoms with Crippen LogP contribution in [0.15, 0.2) is 29.3 Å². The molecule has 1 spiro atoms. The van der Waals surface area contributed by atoms with E-state index in [4.69, 9.17) is 16.3 Å². The molecule has 5 rings (SSSR count). The molecule has 4 fully saturated rings. The summed E-state index contributed by atoms with van der Waals surface area (Å²) in [5.74, 6) is 1.78. The molecule has 2 heterocycles. The van der Waals surface area contributed by atoms with Gasteiger partial charge in [-0.1, -0.05) is 30.2 Å². The molecule has 7 heteroatoms. The third-order valence-electron chi connectivity index (χ3n) is 7.71. The number of carbonyl (C=O) groups is 1. The first-order valence-corrected chi connectivity index (χ1v) is 11.6. The minimum absolute atomic E-state index is 0.165. The smallest absolute Gasteiger partial charge is 0.227 e. The van der Waals surface area contributed by atoms with Crippen molar-refractivity contribution in [3.63, 3.8) is 0 Å². The number of benzene rings is 1. The van der Waals surface area contributed by atoms with E-state index in [0.29, 0.717) is 34.9 Å². The van der Waals surface area contributed by atoms with Gasteiger partial charge in [-0.2, -0.15) is 0 Å². The molecule has 3 atom stereocenters. The van der Waals surface area contributed by atoms with Crippen LogP contribution in [0.5, 0.6) is 0 Å². The topological polar surface area (TPSA) is 57.2 Å². The molecular formula is C23H31ClN4O2. The Balaban J connectivity index is 1.16. The second-order valence-electron chi connectivity index (χ2n) is 9.17. The van der Waals surface area contributed by atoms with E-state index in [2.05, 4.69) is 15.2 Å². The molecule has 1 N–H and O–H groups in total. The molecular weight excluding hydrogens is 400 g/mol. The van der Waals surface area contributed by atoms with Gasteiger partial charge >= 0.3 is 0 Å². The van der Waals surface area contributed by atoms with Crippen LogP contribution >= 0.6 is 11.6 Å². The van der Waals surface area contributed by atoms with Gasteiger partial charge in [-0.15, -0.1) is 0 Å². The van der Waals surface area contributed by atoms with Crippen LogP contribution in [0, 0.1) is 11.3 Å². The summed E-state index contributed by atoms with van der Waals surface area (Å²) >= 11 is 6.05. The van der Waals surface area contributed by atoms with E-state index in [1.807, 2.05) is 36.2 Å². The van der Waals surface area contributed by atoms with Crippen molar-refractivity contribution in [3.05, 3.63) is 34.9 Å². The Morgan fingerprint density at radius 1 is 1.27 bits per heavy atom. The van der Waals surface area contributed by atoms with Crippen LogP contribution in [-0.4, -0.2) is 73.6 Å². The lowest BCUT2D eigenvalue weighted by atomic mass is 9.46. The lowest BCUT2D eigenvalue weighted by Gasteiger charge is -2.63. The van der Waals surface area contributed by atoms with Crippen molar-refractivity contribution in [1.82, 2.24) is 15.1 Å². The number of nitrogens with one attached hydrogen (secondary N) is 1. The Labute approximate surface area is 183 Å². The number of halogens is 1. The normalized spacial score (nSPS) is 29.9. The lowest BCUT2D eigenvalue weighted by Crippen LogP contribution is -2.73. The second kappa shape index (κ2) is 8.04. The maximum absolute atomic E-state index is 12.7. The third kappa shape index (κ3) is 3.38. The zero-order valence-electron chi connectivity index (χ0n) is 17.6. The van der Waals surface area contributed by atoms with E-state index in [9.17, 15) is 4.79 Å². The zero-order valence-corrected chi connectivity index (χ0v) is 18.4. The maximum atomic E-state index is 12.7. The summed E-state index contributed by atoms with van der Waals surface area (Å²) in [7, 11) is 1.87. The van der Waals surface area contributed by atoms with Gasteiger partial charge in [0.2, 0.25) is 5.91 Å². The van der Waals surface area contributed by atoms with Gasteiger partial charge in [-0.3, -0.25) is 9.79 Å². The van der Waals surface area contributed by atoms with Crippen molar-refractivity contribution in [2.24, 2.45) is 16.3 Å². The highest BCUT2D eigenvalue weighted by atomic mass is 35.5. The van der Waals surface area contributed by atoms with E-state index in [0.717, 1.165) is 50.7 Å². The quantitative estimate of drug-likeness (QED) is 0.591. The van der Waals surface area contributed by atoms with E-state index in [1.165, 1.54) is 19.3 Å². The number of hydrogen-bond acceptors (Lipinski definition) is 3. The maximum Gasteiger partial charge on any atom is 0.227 e. The highest BCUT2D eigenvalue weighted by molar-refractivity contribution is 6.30. The molecule has 4 aliphatic rings. The number of fused-ring (bicyclic) bond motifs is 2. The first kappa shape index (κ1) is 20.1. The summed E-state index contributed by atoms with van der Waals surface area (Å²) in [6.45, 7) is 3.98. The summed E-state index contributed by atoms with van der Waals surface area (Å²) in [4.78, 5) is 21.6. The zero-order chi connectivity index (χ0) is 20.7. The highest BCUT2D eigenvalue weighted by Gasteiger charge is 2.66. The Morgan fingerprint density at radius 2 is 2.03 bits per heavy atom. The first-order chi connectivity index (χ1) is 14.6. The Kier molecular flexibility index (Phi) is 5.40.